The first-order valence-electron chi connectivity index (χ1n) is 5.45. The largest absolute Gasteiger partial charge is 1.00 e. The van der Waals surface area contributed by atoms with Crippen LogP contribution in [-0.4, -0.2) is 4.98 Å². The Balaban J connectivity index is 0.00000128. The molecule has 1 N–H and O–H groups in total. The van der Waals surface area contributed by atoms with Crippen molar-refractivity contribution < 1.29 is 21.5 Å². The number of halogens is 1. The molecule has 1 aromatic heterocycles. The quantitative estimate of drug-likeness (QED) is 0.745. The van der Waals surface area contributed by atoms with Crippen LogP contribution in [-0.2, 0) is 6.54 Å². The van der Waals surface area contributed by atoms with Gasteiger partial charge in [-0.25, -0.2) is 9.55 Å². The summed E-state index contributed by atoms with van der Waals surface area (Å²) >= 11 is 0. The van der Waals surface area contributed by atoms with Crippen molar-refractivity contribution in [3.05, 3.63) is 42.2 Å². The molecule has 0 unspecified atom stereocenters. The second-order valence-corrected chi connectivity index (χ2v) is 3.87. The Labute approximate surface area is 107 Å². The maximum absolute atomic E-state index is 3.29. The summed E-state index contributed by atoms with van der Waals surface area (Å²) in [5.41, 5.74) is 2.55. The molecule has 3 heteroatoms. The fourth-order valence-electron chi connectivity index (χ4n) is 1.75. The highest BCUT2D eigenvalue weighted by Gasteiger charge is 2.11. The number of benzene rings is 1. The van der Waals surface area contributed by atoms with Crippen molar-refractivity contribution in [2.75, 3.05) is 0 Å². The van der Waals surface area contributed by atoms with Gasteiger partial charge in [-0.15, -0.1) is 0 Å². The van der Waals surface area contributed by atoms with Gasteiger partial charge >= 0.3 is 0 Å². The molecule has 0 saturated heterocycles. The van der Waals surface area contributed by atoms with E-state index >= 15 is 0 Å². The first-order chi connectivity index (χ1) is 7.31. The third-order valence-electron chi connectivity index (χ3n) is 2.55. The Morgan fingerprint density at radius 2 is 1.88 bits per heavy atom. The zero-order valence-corrected chi connectivity index (χ0v) is 11.3. The summed E-state index contributed by atoms with van der Waals surface area (Å²) in [4.78, 5) is 3.29. The number of nitrogens with zero attached hydrogens (tertiary/aromatic N) is 1. The summed E-state index contributed by atoms with van der Waals surface area (Å²) in [6, 6.07) is 8.61. The van der Waals surface area contributed by atoms with Crippen molar-refractivity contribution in [2.45, 2.75) is 26.8 Å². The van der Waals surface area contributed by atoms with Gasteiger partial charge in [0.15, 0.2) is 0 Å². The van der Waals surface area contributed by atoms with Gasteiger partial charge in [-0.05, 0) is 25.5 Å². The van der Waals surface area contributed by atoms with Gasteiger partial charge in [-0.1, -0.05) is 24.6 Å². The van der Waals surface area contributed by atoms with E-state index in [0.717, 1.165) is 13.0 Å². The number of aryl methyl sites for hydroxylation is 2. The summed E-state index contributed by atoms with van der Waals surface area (Å²) in [6.07, 6.45) is 5.24. The molecule has 0 fully saturated rings. The van der Waals surface area contributed by atoms with Gasteiger partial charge in [0.25, 0.3) is 5.82 Å². The fraction of sp³-hybridized carbons (Fsp3) is 0.308. The molecule has 0 radical (unpaired) electrons. The standard InChI is InChI=1S/C13H16N2.BrH/c1-3-9-15-10-8-14-13(15)12-6-4-11(2)5-7-12;/h4-8,10H,3,9H2,1-2H3;1H. The van der Waals surface area contributed by atoms with Gasteiger partial charge in [0.2, 0.25) is 0 Å². The van der Waals surface area contributed by atoms with Crippen LogP contribution in [0.15, 0.2) is 36.7 Å². The maximum atomic E-state index is 3.29. The molecule has 0 saturated carbocycles. The summed E-state index contributed by atoms with van der Waals surface area (Å²) < 4.78 is 2.25. The molecule has 0 atom stereocenters. The predicted octanol–water partition coefficient (Wildman–Crippen LogP) is -0.308. The highest BCUT2D eigenvalue weighted by atomic mass is 79.9. The molecule has 86 valence electrons. The van der Waals surface area contributed by atoms with Gasteiger partial charge in [0.1, 0.15) is 12.4 Å². The molecule has 16 heavy (non-hydrogen) atoms. The topological polar surface area (TPSA) is 19.7 Å². The van der Waals surface area contributed by atoms with E-state index in [1.54, 1.807) is 0 Å². The number of hydrogen-bond donors (Lipinski definition) is 1. The zero-order chi connectivity index (χ0) is 10.7. The van der Waals surface area contributed by atoms with E-state index in [4.69, 9.17) is 0 Å². The first-order valence-corrected chi connectivity index (χ1v) is 5.45. The Kier molecular flexibility index (Phi) is 4.74. The number of aromatic nitrogens is 2. The molecule has 1 aromatic carbocycles. The average molecular weight is 281 g/mol. The van der Waals surface area contributed by atoms with Crippen molar-refractivity contribution in [2.24, 2.45) is 0 Å². The lowest BCUT2D eigenvalue weighted by atomic mass is 10.1. The molecule has 2 aromatic rings. The molecule has 0 aliphatic rings. The van der Waals surface area contributed by atoms with Gasteiger partial charge in [-0.2, -0.15) is 0 Å². The third-order valence-corrected chi connectivity index (χ3v) is 2.55. The average Bonchev–Trinajstić information content (AvgIpc) is 2.68. The van der Waals surface area contributed by atoms with Crippen molar-refractivity contribution in [1.82, 2.24) is 4.98 Å². The predicted molar refractivity (Wildman–Crippen MR) is 61.5 cm³/mol. The van der Waals surface area contributed by atoms with Crippen molar-refractivity contribution in [3.8, 4) is 11.4 Å². The molecule has 0 amide bonds. The van der Waals surface area contributed by atoms with E-state index < -0.39 is 0 Å². The van der Waals surface area contributed by atoms with Crippen LogP contribution in [0.25, 0.3) is 11.4 Å². The van der Waals surface area contributed by atoms with Crippen molar-refractivity contribution in [1.29, 1.82) is 0 Å². The number of rotatable bonds is 3. The second kappa shape index (κ2) is 5.85. The number of imidazole rings is 1. The van der Waals surface area contributed by atoms with Crippen LogP contribution in [0.3, 0.4) is 0 Å². The smallest absolute Gasteiger partial charge is 0.286 e. The lowest BCUT2D eigenvalue weighted by Crippen LogP contribution is -3.00. The highest BCUT2D eigenvalue weighted by Crippen LogP contribution is 2.13. The molecule has 1 heterocycles. The van der Waals surface area contributed by atoms with Crippen LogP contribution in [0.5, 0.6) is 0 Å². The van der Waals surface area contributed by atoms with E-state index in [0.29, 0.717) is 0 Å². The Morgan fingerprint density at radius 1 is 1.19 bits per heavy atom. The third kappa shape index (κ3) is 2.73. The van der Waals surface area contributed by atoms with Crippen LogP contribution in [0.4, 0.5) is 0 Å². The summed E-state index contributed by atoms with van der Waals surface area (Å²) in [5.74, 6) is 1.19. The van der Waals surface area contributed by atoms with E-state index in [-0.39, 0.29) is 17.0 Å². The molecular weight excluding hydrogens is 264 g/mol. The maximum Gasteiger partial charge on any atom is 0.286 e. The summed E-state index contributed by atoms with van der Waals surface area (Å²) in [6.45, 7) is 5.37. The van der Waals surface area contributed by atoms with Crippen LogP contribution in [0.1, 0.15) is 18.9 Å². The van der Waals surface area contributed by atoms with E-state index in [2.05, 4.69) is 53.9 Å². The molecule has 0 aliphatic carbocycles. The van der Waals surface area contributed by atoms with Crippen molar-refractivity contribution >= 4 is 0 Å². The van der Waals surface area contributed by atoms with Gasteiger partial charge in [0, 0.05) is 0 Å². The zero-order valence-electron chi connectivity index (χ0n) is 9.70. The minimum Gasteiger partial charge on any atom is -1.00 e. The Morgan fingerprint density at radius 3 is 2.50 bits per heavy atom. The molecule has 2 nitrogen and oxygen atoms in total. The molecule has 0 bridgehead atoms. The number of nitrogens with one attached hydrogen (secondary N) is 1. The van der Waals surface area contributed by atoms with Gasteiger partial charge in [0.05, 0.1) is 12.1 Å². The molecule has 0 aliphatic heterocycles. The first kappa shape index (κ1) is 13.0. The van der Waals surface area contributed by atoms with E-state index in [9.17, 15) is 0 Å². The Hall–Kier alpha value is -1.09. The molecular formula is C13H17BrN2. The van der Waals surface area contributed by atoms with Crippen molar-refractivity contribution in [3.63, 3.8) is 0 Å². The molecule has 2 rings (SSSR count). The van der Waals surface area contributed by atoms with Crippen LogP contribution < -0.4 is 21.5 Å². The van der Waals surface area contributed by atoms with Crippen LogP contribution >= 0.6 is 0 Å². The minimum absolute atomic E-state index is 0. The minimum atomic E-state index is 0. The van der Waals surface area contributed by atoms with Crippen LogP contribution in [0, 0.1) is 6.92 Å². The lowest BCUT2D eigenvalue weighted by molar-refractivity contribution is -0.684. The molecule has 0 spiro atoms. The van der Waals surface area contributed by atoms with Crippen LogP contribution in [0.2, 0.25) is 0 Å². The van der Waals surface area contributed by atoms with Gasteiger partial charge in [-0.3, -0.25) is 0 Å². The normalized spacial score (nSPS) is 9.88. The highest BCUT2D eigenvalue weighted by molar-refractivity contribution is 5.52. The SMILES string of the molecule is CCC[n+]1cc[nH]c1-c1ccc(C)cc1.[Br-]. The number of hydrogen-bond acceptors (Lipinski definition) is 0. The summed E-state index contributed by atoms with van der Waals surface area (Å²) in [7, 11) is 0. The van der Waals surface area contributed by atoms with E-state index in [1.807, 2.05) is 6.20 Å². The Bertz CT molecular complexity index is 431. The number of H-pyrrole nitrogens is 1. The number of aromatic amines is 1. The lowest BCUT2D eigenvalue weighted by Gasteiger charge is -1.99. The van der Waals surface area contributed by atoms with E-state index in [1.165, 1.54) is 17.0 Å². The fourth-order valence-corrected chi connectivity index (χ4v) is 1.75. The van der Waals surface area contributed by atoms with Gasteiger partial charge < -0.3 is 17.0 Å². The monoisotopic (exact) mass is 280 g/mol. The second-order valence-electron chi connectivity index (χ2n) is 3.87. The summed E-state index contributed by atoms with van der Waals surface area (Å²) in [5, 5.41) is 0.